The lowest BCUT2D eigenvalue weighted by molar-refractivity contribution is -0.134. The fourth-order valence-corrected chi connectivity index (χ4v) is 4.57. The normalized spacial score (nSPS) is 14.9. The molecule has 0 fully saturated rings. The highest BCUT2D eigenvalue weighted by Crippen LogP contribution is 2.37. The standard InChI is InChI=1S/C27H32N4O3/c1-4-14-30(27(33)28-21-10-7-9-20(2)18-21)19-25(32)31-17-16-29-15-8-12-23(29)26(31)22-11-5-6-13-24(22)34-3/h5-13,15,18,26H,4,14,16-17,19H2,1-3H3,(H,28,33). The third kappa shape index (κ3) is 4.93. The summed E-state index contributed by atoms with van der Waals surface area (Å²) in [5, 5.41) is 2.94. The number of urea groups is 1. The molecule has 2 heterocycles. The van der Waals surface area contributed by atoms with Crippen molar-refractivity contribution in [3.63, 3.8) is 0 Å². The van der Waals surface area contributed by atoms with E-state index in [1.807, 2.05) is 85.6 Å². The molecule has 4 rings (SSSR count). The van der Waals surface area contributed by atoms with Crippen LogP contribution in [-0.4, -0.2) is 53.0 Å². The van der Waals surface area contributed by atoms with E-state index in [0.717, 1.165) is 34.7 Å². The van der Waals surface area contributed by atoms with E-state index in [0.29, 0.717) is 19.6 Å². The van der Waals surface area contributed by atoms with Crippen LogP contribution in [0.5, 0.6) is 5.75 Å². The largest absolute Gasteiger partial charge is 0.496 e. The molecule has 0 saturated heterocycles. The van der Waals surface area contributed by atoms with Crippen LogP contribution < -0.4 is 10.1 Å². The molecule has 1 aliphatic heterocycles. The van der Waals surface area contributed by atoms with E-state index in [9.17, 15) is 9.59 Å². The van der Waals surface area contributed by atoms with Gasteiger partial charge in [0.25, 0.3) is 0 Å². The first-order chi connectivity index (χ1) is 16.5. The highest BCUT2D eigenvalue weighted by atomic mass is 16.5. The van der Waals surface area contributed by atoms with Gasteiger partial charge in [-0.2, -0.15) is 0 Å². The number of nitrogens with zero attached hydrogens (tertiary/aromatic N) is 3. The molecule has 3 aromatic rings. The number of fused-ring (bicyclic) bond motifs is 1. The predicted molar refractivity (Wildman–Crippen MR) is 133 cm³/mol. The first-order valence-electron chi connectivity index (χ1n) is 11.7. The van der Waals surface area contributed by atoms with Crippen molar-refractivity contribution in [2.45, 2.75) is 32.9 Å². The molecule has 0 radical (unpaired) electrons. The van der Waals surface area contributed by atoms with Gasteiger partial charge >= 0.3 is 6.03 Å². The Bertz CT molecular complexity index is 1160. The fraction of sp³-hybridized carbons (Fsp3) is 0.333. The third-order valence-electron chi connectivity index (χ3n) is 6.17. The molecule has 2 aromatic carbocycles. The molecule has 1 atom stereocenters. The Morgan fingerprint density at radius 1 is 1.09 bits per heavy atom. The van der Waals surface area contributed by atoms with Gasteiger partial charge < -0.3 is 24.4 Å². The van der Waals surface area contributed by atoms with Crippen molar-refractivity contribution in [1.29, 1.82) is 0 Å². The zero-order valence-electron chi connectivity index (χ0n) is 20.0. The second kappa shape index (κ2) is 10.5. The molecule has 1 aliphatic rings. The molecule has 0 bridgehead atoms. The average Bonchev–Trinajstić information content (AvgIpc) is 3.32. The SMILES string of the molecule is CCCN(CC(=O)N1CCn2cccc2C1c1ccccc1OC)C(=O)Nc1cccc(C)c1. The number of carbonyl (C=O) groups is 2. The first kappa shape index (κ1) is 23.4. The number of amides is 3. The third-order valence-corrected chi connectivity index (χ3v) is 6.17. The van der Waals surface area contributed by atoms with Gasteiger partial charge in [0.2, 0.25) is 5.91 Å². The first-order valence-corrected chi connectivity index (χ1v) is 11.7. The second-order valence-electron chi connectivity index (χ2n) is 8.58. The van der Waals surface area contributed by atoms with E-state index in [2.05, 4.69) is 9.88 Å². The van der Waals surface area contributed by atoms with E-state index in [1.54, 1.807) is 12.0 Å². The molecular weight excluding hydrogens is 428 g/mol. The van der Waals surface area contributed by atoms with Gasteiger partial charge in [0.15, 0.2) is 0 Å². The van der Waals surface area contributed by atoms with Crippen molar-refractivity contribution in [2.24, 2.45) is 0 Å². The van der Waals surface area contributed by atoms with Gasteiger partial charge in [-0.25, -0.2) is 4.79 Å². The number of para-hydroxylation sites is 1. The van der Waals surface area contributed by atoms with Crippen molar-refractivity contribution in [1.82, 2.24) is 14.4 Å². The van der Waals surface area contributed by atoms with Crippen LogP contribution in [0.4, 0.5) is 10.5 Å². The number of methoxy groups -OCH3 is 1. The number of nitrogens with one attached hydrogen (secondary N) is 1. The molecule has 0 spiro atoms. The smallest absolute Gasteiger partial charge is 0.322 e. The minimum Gasteiger partial charge on any atom is -0.496 e. The van der Waals surface area contributed by atoms with Crippen LogP contribution in [-0.2, 0) is 11.3 Å². The maximum atomic E-state index is 13.7. The molecular formula is C27H32N4O3. The average molecular weight is 461 g/mol. The van der Waals surface area contributed by atoms with E-state index in [4.69, 9.17) is 4.74 Å². The zero-order chi connectivity index (χ0) is 24.1. The summed E-state index contributed by atoms with van der Waals surface area (Å²) in [6.07, 6.45) is 2.80. The summed E-state index contributed by atoms with van der Waals surface area (Å²) in [5.74, 6) is 0.652. The number of hydrogen-bond acceptors (Lipinski definition) is 3. The van der Waals surface area contributed by atoms with Gasteiger partial charge in [-0.1, -0.05) is 37.3 Å². The topological polar surface area (TPSA) is 66.8 Å². The molecule has 3 amide bonds. The molecule has 0 aliphatic carbocycles. The fourth-order valence-electron chi connectivity index (χ4n) is 4.57. The van der Waals surface area contributed by atoms with Gasteiger partial charge in [-0.05, 0) is 49.2 Å². The summed E-state index contributed by atoms with van der Waals surface area (Å²) in [7, 11) is 1.64. The number of benzene rings is 2. The van der Waals surface area contributed by atoms with Gasteiger partial charge in [0, 0.05) is 42.8 Å². The molecule has 7 nitrogen and oxygen atoms in total. The van der Waals surface area contributed by atoms with E-state index >= 15 is 0 Å². The Hall–Kier alpha value is -3.74. The number of ether oxygens (including phenoxy) is 1. The van der Waals surface area contributed by atoms with Crippen LogP contribution in [0.15, 0.2) is 66.9 Å². The highest BCUT2D eigenvalue weighted by Gasteiger charge is 2.34. The van der Waals surface area contributed by atoms with Crippen LogP contribution in [0.2, 0.25) is 0 Å². The Labute approximate surface area is 200 Å². The lowest BCUT2D eigenvalue weighted by Crippen LogP contribution is -2.49. The van der Waals surface area contributed by atoms with E-state index in [-0.39, 0.29) is 24.5 Å². The van der Waals surface area contributed by atoms with Gasteiger partial charge in [0.05, 0.1) is 7.11 Å². The number of rotatable bonds is 7. The van der Waals surface area contributed by atoms with E-state index in [1.165, 1.54) is 0 Å². The Morgan fingerprint density at radius 2 is 1.91 bits per heavy atom. The number of carbonyl (C=O) groups excluding carboxylic acids is 2. The number of aryl methyl sites for hydroxylation is 1. The van der Waals surface area contributed by atoms with Crippen molar-refractivity contribution < 1.29 is 14.3 Å². The lowest BCUT2D eigenvalue weighted by atomic mass is 9.98. The Morgan fingerprint density at radius 3 is 2.68 bits per heavy atom. The predicted octanol–water partition coefficient (Wildman–Crippen LogP) is 4.68. The summed E-state index contributed by atoms with van der Waals surface area (Å²) >= 11 is 0. The quantitative estimate of drug-likeness (QED) is 0.557. The minimum atomic E-state index is -0.282. The van der Waals surface area contributed by atoms with Gasteiger partial charge in [-0.15, -0.1) is 0 Å². The summed E-state index contributed by atoms with van der Waals surface area (Å²) in [6.45, 7) is 5.76. The van der Waals surface area contributed by atoms with E-state index < -0.39 is 0 Å². The molecule has 1 aromatic heterocycles. The second-order valence-corrected chi connectivity index (χ2v) is 8.58. The van der Waals surface area contributed by atoms with Crippen LogP contribution in [0.1, 0.15) is 36.2 Å². The Balaban J connectivity index is 1.58. The van der Waals surface area contributed by atoms with Crippen LogP contribution in [0, 0.1) is 6.92 Å². The summed E-state index contributed by atoms with van der Waals surface area (Å²) in [6, 6.07) is 19.0. The number of anilines is 1. The molecule has 1 N–H and O–H groups in total. The van der Waals surface area contributed by atoms with Crippen LogP contribution in [0.25, 0.3) is 0 Å². The minimum absolute atomic E-state index is 0.0118. The monoisotopic (exact) mass is 460 g/mol. The summed E-state index contributed by atoms with van der Waals surface area (Å²) < 4.78 is 7.81. The molecule has 34 heavy (non-hydrogen) atoms. The summed E-state index contributed by atoms with van der Waals surface area (Å²) in [4.78, 5) is 30.2. The van der Waals surface area contributed by atoms with Crippen molar-refractivity contribution >= 4 is 17.6 Å². The zero-order valence-corrected chi connectivity index (χ0v) is 20.0. The molecule has 1 unspecified atom stereocenters. The maximum absolute atomic E-state index is 13.7. The lowest BCUT2D eigenvalue weighted by Gasteiger charge is -2.38. The maximum Gasteiger partial charge on any atom is 0.322 e. The van der Waals surface area contributed by atoms with Gasteiger partial charge in [0.1, 0.15) is 18.3 Å². The van der Waals surface area contributed by atoms with Crippen molar-refractivity contribution in [3.8, 4) is 5.75 Å². The number of hydrogen-bond donors (Lipinski definition) is 1. The Kier molecular flexibility index (Phi) is 7.21. The van der Waals surface area contributed by atoms with Crippen LogP contribution in [0.3, 0.4) is 0 Å². The summed E-state index contributed by atoms with van der Waals surface area (Å²) in [5.41, 5.74) is 3.76. The van der Waals surface area contributed by atoms with Gasteiger partial charge in [-0.3, -0.25) is 4.79 Å². The van der Waals surface area contributed by atoms with Crippen LogP contribution >= 0.6 is 0 Å². The van der Waals surface area contributed by atoms with Crippen molar-refractivity contribution in [3.05, 3.63) is 83.7 Å². The van der Waals surface area contributed by atoms with Crippen molar-refractivity contribution in [2.75, 3.05) is 32.1 Å². The molecule has 7 heteroatoms. The molecule has 0 saturated carbocycles. The highest BCUT2D eigenvalue weighted by molar-refractivity contribution is 5.92. The molecule has 178 valence electrons. The number of aromatic nitrogens is 1.